The van der Waals surface area contributed by atoms with Crippen LogP contribution in [0.15, 0.2) is 24.3 Å². The summed E-state index contributed by atoms with van der Waals surface area (Å²) in [5.41, 5.74) is 0.324. The molecule has 0 saturated heterocycles. The highest BCUT2D eigenvalue weighted by atomic mass is 19.1. The van der Waals surface area contributed by atoms with Crippen molar-refractivity contribution >= 4 is 0 Å². The van der Waals surface area contributed by atoms with Crippen LogP contribution in [0.4, 0.5) is 4.39 Å². The monoisotopic (exact) mass is 250 g/mol. The Balaban J connectivity index is 2.00. The van der Waals surface area contributed by atoms with E-state index in [4.69, 9.17) is 4.74 Å². The van der Waals surface area contributed by atoms with Crippen molar-refractivity contribution in [3.05, 3.63) is 30.1 Å². The molecule has 1 aromatic carbocycles. The smallest absolute Gasteiger partial charge is 0.126 e. The van der Waals surface area contributed by atoms with Gasteiger partial charge in [0.25, 0.3) is 0 Å². The van der Waals surface area contributed by atoms with E-state index in [0.717, 1.165) is 0 Å². The van der Waals surface area contributed by atoms with Gasteiger partial charge in [-0.3, -0.25) is 0 Å². The van der Waals surface area contributed by atoms with Crippen LogP contribution >= 0.6 is 0 Å². The van der Waals surface area contributed by atoms with Gasteiger partial charge in [0.2, 0.25) is 0 Å². The molecule has 0 bridgehead atoms. The predicted molar refractivity (Wildman–Crippen MR) is 72.2 cm³/mol. The molecule has 1 saturated carbocycles. The average Bonchev–Trinajstić information content (AvgIpc) is 2.27. The maximum Gasteiger partial charge on any atom is 0.126 e. The largest absolute Gasteiger partial charge is 0.493 e. The van der Waals surface area contributed by atoms with Crippen LogP contribution in [-0.2, 0) is 0 Å². The summed E-state index contributed by atoms with van der Waals surface area (Å²) >= 11 is 0. The van der Waals surface area contributed by atoms with Crippen molar-refractivity contribution < 1.29 is 9.13 Å². The van der Waals surface area contributed by atoms with E-state index in [1.54, 1.807) is 6.07 Å². The Labute approximate surface area is 109 Å². The lowest BCUT2D eigenvalue weighted by Crippen LogP contribution is -2.37. The van der Waals surface area contributed by atoms with Crippen molar-refractivity contribution in [2.45, 2.75) is 40.0 Å². The molecule has 0 aromatic heterocycles. The number of rotatable bonds is 3. The number of hydrogen-bond acceptors (Lipinski definition) is 1. The molecule has 2 atom stereocenters. The molecule has 1 aliphatic carbocycles. The molecule has 0 radical (unpaired) electrons. The standard InChI is InChI=1S/C16H23FO/c1-12-6-5-9-16(2,3)15(12)11-18-14-8-4-7-13(17)10-14/h4,7-8,10,12,15H,5-6,9,11H2,1-3H3/t12?,15-/m0/s1. The van der Waals surface area contributed by atoms with E-state index in [-0.39, 0.29) is 5.82 Å². The first-order chi connectivity index (χ1) is 8.49. The van der Waals surface area contributed by atoms with Gasteiger partial charge in [-0.05, 0) is 29.9 Å². The first kappa shape index (κ1) is 13.4. The Kier molecular flexibility index (Phi) is 3.94. The molecule has 2 heteroatoms. The van der Waals surface area contributed by atoms with E-state index in [9.17, 15) is 4.39 Å². The second kappa shape index (κ2) is 5.29. The fraction of sp³-hybridized carbons (Fsp3) is 0.625. The molecule has 1 fully saturated rings. The van der Waals surface area contributed by atoms with Gasteiger partial charge in [0.1, 0.15) is 11.6 Å². The summed E-state index contributed by atoms with van der Waals surface area (Å²) in [6, 6.07) is 6.42. The maximum absolute atomic E-state index is 13.1. The topological polar surface area (TPSA) is 9.23 Å². The van der Waals surface area contributed by atoms with Crippen LogP contribution < -0.4 is 4.74 Å². The van der Waals surface area contributed by atoms with Gasteiger partial charge in [0, 0.05) is 12.0 Å². The normalized spacial score (nSPS) is 26.9. The van der Waals surface area contributed by atoms with E-state index in [1.807, 2.05) is 6.07 Å². The average molecular weight is 250 g/mol. The summed E-state index contributed by atoms with van der Waals surface area (Å²) in [5.74, 6) is 1.64. The molecular formula is C16H23FO. The van der Waals surface area contributed by atoms with Crippen LogP contribution in [0.5, 0.6) is 5.75 Å². The van der Waals surface area contributed by atoms with Crippen molar-refractivity contribution in [3.63, 3.8) is 0 Å². The predicted octanol–water partition coefficient (Wildman–Crippen LogP) is 4.67. The van der Waals surface area contributed by atoms with Crippen molar-refractivity contribution in [2.24, 2.45) is 17.3 Å². The van der Waals surface area contributed by atoms with E-state index < -0.39 is 0 Å². The Morgan fingerprint density at radius 2 is 2.17 bits per heavy atom. The van der Waals surface area contributed by atoms with Crippen molar-refractivity contribution in [1.29, 1.82) is 0 Å². The second-order valence-electron chi connectivity index (χ2n) is 6.23. The summed E-state index contributed by atoms with van der Waals surface area (Å²) < 4.78 is 18.9. The number of hydrogen-bond donors (Lipinski definition) is 0. The van der Waals surface area contributed by atoms with Crippen molar-refractivity contribution in [3.8, 4) is 5.75 Å². The Morgan fingerprint density at radius 1 is 1.39 bits per heavy atom. The molecule has 0 N–H and O–H groups in total. The van der Waals surface area contributed by atoms with Gasteiger partial charge in [-0.1, -0.05) is 39.7 Å². The maximum atomic E-state index is 13.1. The lowest BCUT2D eigenvalue weighted by atomic mass is 9.64. The fourth-order valence-corrected chi connectivity index (χ4v) is 3.17. The number of benzene rings is 1. The van der Waals surface area contributed by atoms with Crippen LogP contribution in [0.3, 0.4) is 0 Å². The van der Waals surface area contributed by atoms with E-state index in [1.165, 1.54) is 31.4 Å². The highest BCUT2D eigenvalue weighted by Gasteiger charge is 2.37. The number of ether oxygens (including phenoxy) is 1. The molecule has 100 valence electrons. The quantitative estimate of drug-likeness (QED) is 0.757. The zero-order valence-corrected chi connectivity index (χ0v) is 11.6. The van der Waals surface area contributed by atoms with Crippen LogP contribution in [0.1, 0.15) is 40.0 Å². The van der Waals surface area contributed by atoms with Gasteiger partial charge >= 0.3 is 0 Å². The van der Waals surface area contributed by atoms with Gasteiger partial charge in [-0.2, -0.15) is 0 Å². The molecule has 1 nitrogen and oxygen atoms in total. The summed E-state index contributed by atoms with van der Waals surface area (Å²) in [7, 11) is 0. The molecule has 1 aromatic rings. The summed E-state index contributed by atoms with van der Waals surface area (Å²) in [4.78, 5) is 0. The third kappa shape index (κ3) is 3.04. The zero-order chi connectivity index (χ0) is 13.2. The summed E-state index contributed by atoms with van der Waals surface area (Å²) in [6.45, 7) is 7.64. The second-order valence-corrected chi connectivity index (χ2v) is 6.23. The molecule has 0 amide bonds. The molecule has 2 rings (SSSR count). The SMILES string of the molecule is CC1CCCC(C)(C)[C@H]1COc1cccc(F)c1. The highest BCUT2D eigenvalue weighted by Crippen LogP contribution is 2.43. The lowest BCUT2D eigenvalue weighted by Gasteiger charge is -2.42. The molecule has 0 heterocycles. The van der Waals surface area contributed by atoms with E-state index >= 15 is 0 Å². The first-order valence-electron chi connectivity index (χ1n) is 6.87. The Bertz CT molecular complexity index is 400. The number of halogens is 1. The molecule has 1 unspecified atom stereocenters. The van der Waals surface area contributed by atoms with Gasteiger partial charge in [-0.25, -0.2) is 4.39 Å². The van der Waals surface area contributed by atoms with E-state index in [2.05, 4.69) is 20.8 Å². The molecule has 0 spiro atoms. The summed E-state index contributed by atoms with van der Waals surface area (Å²) in [6.07, 6.45) is 3.85. The van der Waals surface area contributed by atoms with Crippen LogP contribution in [0.25, 0.3) is 0 Å². The molecule has 1 aliphatic rings. The first-order valence-corrected chi connectivity index (χ1v) is 6.87. The van der Waals surface area contributed by atoms with Crippen LogP contribution in [0, 0.1) is 23.1 Å². The Hall–Kier alpha value is -1.05. The zero-order valence-electron chi connectivity index (χ0n) is 11.6. The third-order valence-electron chi connectivity index (χ3n) is 4.40. The van der Waals surface area contributed by atoms with Crippen molar-refractivity contribution in [2.75, 3.05) is 6.61 Å². The molecule has 0 aliphatic heterocycles. The van der Waals surface area contributed by atoms with Crippen LogP contribution in [-0.4, -0.2) is 6.61 Å². The van der Waals surface area contributed by atoms with Gasteiger partial charge in [-0.15, -0.1) is 0 Å². The van der Waals surface area contributed by atoms with E-state index in [0.29, 0.717) is 29.6 Å². The highest BCUT2D eigenvalue weighted by molar-refractivity contribution is 5.22. The fourth-order valence-electron chi connectivity index (χ4n) is 3.17. The third-order valence-corrected chi connectivity index (χ3v) is 4.40. The molecular weight excluding hydrogens is 227 g/mol. The van der Waals surface area contributed by atoms with Gasteiger partial charge in [0.05, 0.1) is 6.61 Å². The Morgan fingerprint density at radius 3 is 2.83 bits per heavy atom. The minimum Gasteiger partial charge on any atom is -0.493 e. The van der Waals surface area contributed by atoms with Gasteiger partial charge < -0.3 is 4.74 Å². The minimum atomic E-state index is -0.233. The lowest BCUT2D eigenvalue weighted by molar-refractivity contribution is 0.0411. The van der Waals surface area contributed by atoms with Gasteiger partial charge in [0.15, 0.2) is 0 Å². The summed E-state index contributed by atoms with van der Waals surface area (Å²) in [5, 5.41) is 0. The molecule has 18 heavy (non-hydrogen) atoms. The van der Waals surface area contributed by atoms with Crippen LogP contribution in [0.2, 0.25) is 0 Å². The van der Waals surface area contributed by atoms with Crippen molar-refractivity contribution in [1.82, 2.24) is 0 Å². The minimum absolute atomic E-state index is 0.233.